The molecular formula is C7H18O3Si. The maximum atomic E-state index is 9.57. The van der Waals surface area contributed by atoms with Gasteiger partial charge in [-0.1, -0.05) is 19.6 Å². The van der Waals surface area contributed by atoms with E-state index in [2.05, 4.69) is 0 Å². The van der Waals surface area contributed by atoms with Crippen LogP contribution in [0.5, 0.6) is 0 Å². The molecule has 0 aromatic rings. The van der Waals surface area contributed by atoms with Gasteiger partial charge in [0.25, 0.3) is 0 Å². The van der Waals surface area contributed by atoms with Crippen molar-refractivity contribution in [2.75, 3.05) is 6.61 Å². The molecule has 3 N–H and O–H groups in total. The van der Waals surface area contributed by atoms with E-state index in [0.29, 0.717) is 0 Å². The van der Waals surface area contributed by atoms with Gasteiger partial charge in [-0.05, 0) is 6.92 Å². The van der Waals surface area contributed by atoms with Crippen molar-refractivity contribution < 1.29 is 15.3 Å². The van der Waals surface area contributed by atoms with Crippen LogP contribution in [0.1, 0.15) is 6.92 Å². The molecule has 0 unspecified atom stereocenters. The third-order valence-corrected chi connectivity index (χ3v) is 3.99. The number of aliphatic hydroxyl groups excluding tert-OH is 2. The Bertz CT molecular complexity index is 128. The van der Waals surface area contributed by atoms with Gasteiger partial charge in [0, 0.05) is 0 Å². The summed E-state index contributed by atoms with van der Waals surface area (Å²) in [6.45, 7) is 6.90. The Morgan fingerprint density at radius 1 is 1.36 bits per heavy atom. The van der Waals surface area contributed by atoms with Crippen LogP contribution in [0.2, 0.25) is 19.6 Å². The molecule has 0 bridgehead atoms. The van der Waals surface area contributed by atoms with Crippen LogP contribution in [0.3, 0.4) is 0 Å². The molecule has 0 radical (unpaired) electrons. The van der Waals surface area contributed by atoms with Crippen molar-refractivity contribution in [3.05, 3.63) is 0 Å². The molecule has 2 atom stereocenters. The Labute approximate surface area is 68.7 Å². The monoisotopic (exact) mass is 178 g/mol. The predicted molar refractivity (Wildman–Crippen MR) is 47.1 cm³/mol. The minimum absolute atomic E-state index is 0.390. The third-order valence-electron chi connectivity index (χ3n) is 1.73. The lowest BCUT2D eigenvalue weighted by Gasteiger charge is -2.35. The SMILES string of the molecule is C[C@](O)(CO)[C@H](O)[Si](C)(C)C. The highest BCUT2D eigenvalue weighted by molar-refractivity contribution is 6.77. The summed E-state index contributed by atoms with van der Waals surface area (Å²) in [6.07, 6.45) is 0. The fraction of sp³-hybridized carbons (Fsp3) is 1.00. The summed E-state index contributed by atoms with van der Waals surface area (Å²) >= 11 is 0. The molecule has 4 heteroatoms. The molecule has 0 fully saturated rings. The number of hydrogen-bond donors (Lipinski definition) is 3. The van der Waals surface area contributed by atoms with Crippen LogP contribution < -0.4 is 0 Å². The predicted octanol–water partition coefficient (Wildman–Crippen LogP) is -0.0320. The van der Waals surface area contributed by atoms with E-state index >= 15 is 0 Å². The highest BCUT2D eigenvalue weighted by Gasteiger charge is 2.39. The van der Waals surface area contributed by atoms with Crippen molar-refractivity contribution in [2.24, 2.45) is 0 Å². The van der Waals surface area contributed by atoms with Gasteiger partial charge in [-0.2, -0.15) is 0 Å². The Morgan fingerprint density at radius 3 is 1.82 bits per heavy atom. The Balaban J connectivity index is 4.35. The van der Waals surface area contributed by atoms with E-state index in [9.17, 15) is 10.2 Å². The molecule has 0 aliphatic rings. The van der Waals surface area contributed by atoms with Crippen LogP contribution in [-0.4, -0.2) is 41.3 Å². The number of aliphatic hydroxyl groups is 3. The van der Waals surface area contributed by atoms with Gasteiger partial charge in [0.2, 0.25) is 0 Å². The van der Waals surface area contributed by atoms with Crippen LogP contribution in [0.25, 0.3) is 0 Å². The largest absolute Gasteiger partial charge is 0.394 e. The first-order valence-electron chi connectivity index (χ1n) is 3.73. The zero-order valence-electron chi connectivity index (χ0n) is 7.63. The molecule has 0 heterocycles. The van der Waals surface area contributed by atoms with Crippen molar-refractivity contribution in [1.29, 1.82) is 0 Å². The van der Waals surface area contributed by atoms with Crippen molar-refractivity contribution >= 4 is 8.07 Å². The second-order valence-electron chi connectivity index (χ2n) is 4.28. The van der Waals surface area contributed by atoms with E-state index in [-0.39, 0.29) is 0 Å². The Morgan fingerprint density at radius 2 is 1.73 bits per heavy atom. The summed E-state index contributed by atoms with van der Waals surface area (Å²) in [4.78, 5) is 0. The maximum absolute atomic E-state index is 9.57. The molecule has 0 aliphatic carbocycles. The second kappa shape index (κ2) is 3.22. The van der Waals surface area contributed by atoms with Crippen molar-refractivity contribution in [1.82, 2.24) is 0 Å². The van der Waals surface area contributed by atoms with Crippen LogP contribution in [0.4, 0.5) is 0 Å². The fourth-order valence-corrected chi connectivity index (χ4v) is 2.98. The van der Waals surface area contributed by atoms with Gasteiger partial charge in [-0.3, -0.25) is 0 Å². The van der Waals surface area contributed by atoms with Gasteiger partial charge < -0.3 is 15.3 Å². The van der Waals surface area contributed by atoms with Gasteiger partial charge in [0.15, 0.2) is 0 Å². The lowest BCUT2D eigenvalue weighted by Crippen LogP contribution is -2.55. The zero-order valence-corrected chi connectivity index (χ0v) is 8.63. The first-order chi connectivity index (χ1) is 4.72. The van der Waals surface area contributed by atoms with Crippen LogP contribution in [0, 0.1) is 0 Å². The lowest BCUT2D eigenvalue weighted by molar-refractivity contribution is -0.0629. The average molecular weight is 178 g/mol. The summed E-state index contributed by atoms with van der Waals surface area (Å²) in [5.41, 5.74) is -2.12. The van der Waals surface area contributed by atoms with Gasteiger partial charge >= 0.3 is 0 Å². The molecule has 0 saturated carbocycles. The van der Waals surface area contributed by atoms with E-state index in [1.54, 1.807) is 0 Å². The molecule has 11 heavy (non-hydrogen) atoms. The molecule has 0 aromatic carbocycles. The average Bonchev–Trinajstić information content (AvgIpc) is 1.84. The van der Waals surface area contributed by atoms with E-state index < -0.39 is 26.0 Å². The molecule has 0 aliphatic heterocycles. The molecule has 0 aromatic heterocycles. The number of hydrogen-bond acceptors (Lipinski definition) is 3. The summed E-state index contributed by atoms with van der Waals surface area (Å²) in [7, 11) is -1.77. The summed E-state index contributed by atoms with van der Waals surface area (Å²) in [5.74, 6) is 0. The van der Waals surface area contributed by atoms with Crippen molar-refractivity contribution in [3.8, 4) is 0 Å². The minimum atomic E-state index is -1.77. The van der Waals surface area contributed by atoms with E-state index in [0.717, 1.165) is 0 Å². The first-order valence-corrected chi connectivity index (χ1v) is 7.31. The number of rotatable bonds is 3. The normalized spacial score (nSPS) is 21.0. The fourth-order valence-electron chi connectivity index (χ4n) is 1.02. The zero-order chi connectivity index (χ0) is 9.28. The molecule has 0 rings (SSSR count). The molecule has 0 saturated heterocycles. The summed E-state index contributed by atoms with van der Waals surface area (Å²) in [6, 6.07) is 0. The smallest absolute Gasteiger partial charge is 0.108 e. The van der Waals surface area contributed by atoms with E-state index in [1.165, 1.54) is 6.92 Å². The molecular weight excluding hydrogens is 160 g/mol. The van der Waals surface area contributed by atoms with E-state index in [4.69, 9.17) is 5.11 Å². The first kappa shape index (κ1) is 11.1. The Hall–Kier alpha value is 0.0969. The lowest BCUT2D eigenvalue weighted by atomic mass is 10.1. The van der Waals surface area contributed by atoms with Gasteiger partial charge in [-0.25, -0.2) is 0 Å². The molecule has 3 nitrogen and oxygen atoms in total. The van der Waals surface area contributed by atoms with Crippen molar-refractivity contribution in [2.45, 2.75) is 37.9 Å². The van der Waals surface area contributed by atoms with Gasteiger partial charge in [0.1, 0.15) is 5.60 Å². The maximum Gasteiger partial charge on any atom is 0.108 e. The third kappa shape index (κ3) is 2.90. The highest BCUT2D eigenvalue weighted by atomic mass is 28.3. The van der Waals surface area contributed by atoms with Crippen molar-refractivity contribution in [3.63, 3.8) is 0 Å². The Kier molecular flexibility index (Phi) is 3.25. The standard InChI is InChI=1S/C7H18O3Si/c1-7(10,5-8)6(9)11(2,3)4/h6,8-10H,5H2,1-4H3/t6-,7+/m1/s1. The highest BCUT2D eigenvalue weighted by Crippen LogP contribution is 2.19. The quantitative estimate of drug-likeness (QED) is 0.532. The van der Waals surface area contributed by atoms with Crippen LogP contribution in [-0.2, 0) is 0 Å². The van der Waals surface area contributed by atoms with Gasteiger partial charge in [0.05, 0.1) is 20.4 Å². The van der Waals surface area contributed by atoms with E-state index in [1.807, 2.05) is 19.6 Å². The van der Waals surface area contributed by atoms with Crippen LogP contribution >= 0.6 is 0 Å². The molecule has 0 amide bonds. The second-order valence-corrected chi connectivity index (χ2v) is 9.56. The van der Waals surface area contributed by atoms with Crippen LogP contribution in [0.15, 0.2) is 0 Å². The molecule has 68 valence electrons. The summed E-state index contributed by atoms with van der Waals surface area (Å²) in [5, 5.41) is 27.8. The van der Waals surface area contributed by atoms with Gasteiger partial charge in [-0.15, -0.1) is 0 Å². The topological polar surface area (TPSA) is 60.7 Å². The summed E-state index contributed by atoms with van der Waals surface area (Å²) < 4.78 is 0. The molecule has 0 spiro atoms. The minimum Gasteiger partial charge on any atom is -0.394 e.